The zero-order valence-electron chi connectivity index (χ0n) is 14.4. The van der Waals surface area contributed by atoms with Crippen molar-refractivity contribution < 1.29 is 14.3 Å². The first-order valence-electron chi connectivity index (χ1n) is 8.63. The van der Waals surface area contributed by atoms with Crippen LogP contribution in [-0.4, -0.2) is 43.9 Å². The van der Waals surface area contributed by atoms with Crippen LogP contribution in [0.1, 0.15) is 12.0 Å². The summed E-state index contributed by atoms with van der Waals surface area (Å²) in [5, 5.41) is 3.32. The van der Waals surface area contributed by atoms with Crippen LogP contribution in [0.15, 0.2) is 35.6 Å². The second kappa shape index (κ2) is 6.50. The molecule has 7 nitrogen and oxygen atoms in total. The molecule has 1 aromatic rings. The Morgan fingerprint density at radius 1 is 1.36 bits per heavy atom. The van der Waals surface area contributed by atoms with E-state index in [1.54, 1.807) is 7.11 Å². The third-order valence-corrected chi connectivity index (χ3v) is 5.73. The Labute approximate surface area is 146 Å². The van der Waals surface area contributed by atoms with Crippen molar-refractivity contribution in [3.8, 4) is 11.5 Å². The van der Waals surface area contributed by atoms with Crippen molar-refractivity contribution in [2.24, 2.45) is 17.1 Å². The first kappa shape index (κ1) is 16.1. The predicted molar refractivity (Wildman–Crippen MR) is 92.3 cm³/mol. The maximum absolute atomic E-state index is 8.61. The van der Waals surface area contributed by atoms with E-state index in [-0.39, 0.29) is 6.10 Å². The fraction of sp³-hybridized carbons (Fsp3) is 0.556. The number of rotatable bonds is 3. The number of piperidine rings is 1. The second-order valence-electron chi connectivity index (χ2n) is 6.98. The molecule has 25 heavy (non-hydrogen) atoms. The third-order valence-electron chi connectivity index (χ3n) is 5.73. The molecule has 4 rings (SSSR count). The van der Waals surface area contributed by atoms with Crippen molar-refractivity contribution in [3.05, 3.63) is 46.4 Å². The fourth-order valence-corrected chi connectivity index (χ4v) is 4.48. The Bertz CT molecular complexity index is 731. The lowest BCUT2D eigenvalue weighted by Crippen LogP contribution is -2.55. The molecule has 3 aliphatic rings. The summed E-state index contributed by atoms with van der Waals surface area (Å²) in [5.41, 5.74) is 9.85. The van der Waals surface area contributed by atoms with E-state index in [1.165, 1.54) is 5.56 Å². The van der Waals surface area contributed by atoms with Crippen LogP contribution < -0.4 is 9.47 Å². The van der Waals surface area contributed by atoms with Crippen LogP contribution in [-0.2, 0) is 11.3 Å². The molecule has 1 saturated heterocycles. The number of likely N-dealkylation sites (N-methyl/N-ethyl adjacent to an activating group) is 1. The number of benzene rings is 1. The van der Waals surface area contributed by atoms with Crippen LogP contribution in [0.25, 0.3) is 10.4 Å². The predicted octanol–water partition coefficient (Wildman–Crippen LogP) is 3.12. The molecule has 0 N–H and O–H groups in total. The van der Waals surface area contributed by atoms with Crippen LogP contribution in [0.2, 0.25) is 0 Å². The highest BCUT2D eigenvalue weighted by molar-refractivity contribution is 5.44. The fourth-order valence-electron chi connectivity index (χ4n) is 4.48. The van der Waals surface area contributed by atoms with Gasteiger partial charge in [-0.05, 0) is 61.7 Å². The highest BCUT2D eigenvalue weighted by Gasteiger charge is 2.46. The number of nitrogens with zero attached hydrogens (tertiary/aromatic N) is 4. The Hall–Kier alpha value is -2.37. The lowest BCUT2D eigenvalue weighted by atomic mass is 9.71. The van der Waals surface area contributed by atoms with Crippen LogP contribution in [0, 0.1) is 11.8 Å². The minimum absolute atomic E-state index is 0.209. The van der Waals surface area contributed by atoms with Crippen LogP contribution in [0.4, 0.5) is 0 Å². The van der Waals surface area contributed by atoms with Gasteiger partial charge in [-0.3, -0.25) is 0 Å². The van der Waals surface area contributed by atoms with Gasteiger partial charge in [0.1, 0.15) is 11.4 Å². The lowest BCUT2D eigenvalue weighted by molar-refractivity contribution is -0.0656. The van der Waals surface area contributed by atoms with E-state index >= 15 is 0 Å². The first-order chi connectivity index (χ1) is 12.2. The van der Waals surface area contributed by atoms with Gasteiger partial charge in [0.2, 0.25) is 0 Å². The van der Waals surface area contributed by atoms with Crippen LogP contribution in [0.5, 0.6) is 11.5 Å². The molecule has 0 aromatic heterocycles. The molecule has 0 amide bonds. The first-order valence-corrected chi connectivity index (χ1v) is 8.63. The number of azide groups is 1. The summed E-state index contributed by atoms with van der Waals surface area (Å²) >= 11 is 0. The Kier molecular flexibility index (Phi) is 4.19. The third kappa shape index (κ3) is 2.79. The molecule has 1 fully saturated rings. The number of likely N-dealkylation sites (tertiary alicyclic amines) is 1. The normalized spacial score (nSPS) is 33.1. The van der Waals surface area contributed by atoms with E-state index in [0.29, 0.717) is 23.6 Å². The molecule has 5 atom stereocenters. The quantitative estimate of drug-likeness (QED) is 0.278. The number of fused-ring (bicyclic) bond motifs is 2. The number of methoxy groups -OCH3 is 1. The summed E-state index contributed by atoms with van der Waals surface area (Å²) in [6.45, 7) is 1.01. The van der Waals surface area contributed by atoms with E-state index in [1.807, 2.05) is 12.1 Å². The molecule has 1 aliphatic carbocycles. The van der Waals surface area contributed by atoms with Crippen molar-refractivity contribution in [2.45, 2.75) is 31.1 Å². The monoisotopic (exact) mass is 342 g/mol. The molecular weight excluding hydrogens is 320 g/mol. The van der Waals surface area contributed by atoms with Crippen molar-refractivity contribution >= 4 is 0 Å². The summed E-state index contributed by atoms with van der Waals surface area (Å²) in [6.07, 6.45) is 5.57. The highest BCUT2D eigenvalue weighted by atomic mass is 16.7. The summed E-state index contributed by atoms with van der Waals surface area (Å²) in [7, 11) is 3.83. The second-order valence-corrected chi connectivity index (χ2v) is 6.98. The van der Waals surface area contributed by atoms with E-state index in [2.05, 4.69) is 40.3 Å². The smallest absolute Gasteiger partial charge is 0.163 e. The maximum Gasteiger partial charge on any atom is 0.163 e. The Morgan fingerprint density at radius 3 is 3.04 bits per heavy atom. The zero-order valence-corrected chi connectivity index (χ0v) is 14.4. The van der Waals surface area contributed by atoms with Gasteiger partial charge in [0.05, 0.1) is 7.11 Å². The number of hydrogen-bond donors (Lipinski definition) is 0. The van der Waals surface area contributed by atoms with Crippen molar-refractivity contribution in [3.63, 3.8) is 0 Å². The van der Waals surface area contributed by atoms with Gasteiger partial charge in [-0.2, -0.15) is 0 Å². The summed E-state index contributed by atoms with van der Waals surface area (Å²) in [6, 6.07) is 6.55. The number of hydrogen-bond acceptors (Lipinski definition) is 5. The van der Waals surface area contributed by atoms with E-state index in [9.17, 15) is 0 Å². The van der Waals surface area contributed by atoms with Gasteiger partial charge >= 0.3 is 0 Å². The van der Waals surface area contributed by atoms with Gasteiger partial charge in [0.25, 0.3) is 0 Å². The van der Waals surface area contributed by atoms with Gasteiger partial charge in [-0.15, -0.1) is 0 Å². The Morgan fingerprint density at radius 2 is 2.24 bits per heavy atom. The molecule has 2 aliphatic heterocycles. The molecule has 2 heterocycles. The van der Waals surface area contributed by atoms with E-state index in [0.717, 1.165) is 25.1 Å². The summed E-state index contributed by atoms with van der Waals surface area (Å²) in [5.74, 6) is 2.13. The lowest BCUT2D eigenvalue weighted by Gasteiger charge is -2.47. The van der Waals surface area contributed by atoms with E-state index < -0.39 is 6.10 Å². The molecule has 0 spiro atoms. The highest BCUT2D eigenvalue weighted by Crippen LogP contribution is 2.43. The summed E-state index contributed by atoms with van der Waals surface area (Å²) < 4.78 is 11.9. The topological polar surface area (TPSA) is 79.7 Å². The molecule has 1 aromatic carbocycles. The van der Waals surface area contributed by atoms with Gasteiger partial charge in [-0.1, -0.05) is 12.1 Å². The van der Waals surface area contributed by atoms with Crippen molar-refractivity contribution in [1.29, 1.82) is 0 Å². The van der Waals surface area contributed by atoms with Crippen molar-refractivity contribution in [2.75, 3.05) is 20.7 Å². The maximum atomic E-state index is 8.61. The molecule has 132 valence electrons. The SMILES string of the molecule is COc1ccc2cc1O[C@@H]1[C@H]3CCN(C)[C@H](C2)[C@@H]3C=C[C@@H]1ON=[N+]=[N-]. The van der Waals surface area contributed by atoms with Gasteiger partial charge in [0.15, 0.2) is 17.6 Å². The molecule has 0 radical (unpaired) electrons. The average molecular weight is 342 g/mol. The number of ether oxygens (including phenoxy) is 2. The van der Waals surface area contributed by atoms with Gasteiger partial charge in [0, 0.05) is 16.9 Å². The largest absolute Gasteiger partial charge is 0.493 e. The minimum Gasteiger partial charge on any atom is -0.493 e. The molecule has 6 bridgehead atoms. The van der Waals surface area contributed by atoms with E-state index in [4.69, 9.17) is 19.8 Å². The molecule has 0 unspecified atom stereocenters. The minimum atomic E-state index is -0.396. The zero-order chi connectivity index (χ0) is 17.4. The van der Waals surface area contributed by atoms with Crippen LogP contribution >= 0.6 is 0 Å². The van der Waals surface area contributed by atoms with Crippen molar-refractivity contribution in [1.82, 2.24) is 4.90 Å². The van der Waals surface area contributed by atoms with Crippen LogP contribution in [0.3, 0.4) is 0 Å². The standard InChI is InChI=1S/C18H22N4O3/c1-22-8-7-13-12-4-6-16(25-21-20-19)18(13)24-17-10-11(9-14(12)22)3-5-15(17)23-2/h3-6,10,12-14,16,18H,7-9H2,1-2H3/t12-,13+,14-,16+,18-/m1/s1. The molecular formula is C18H22N4O3. The van der Waals surface area contributed by atoms with Gasteiger partial charge < -0.3 is 19.2 Å². The van der Waals surface area contributed by atoms with Gasteiger partial charge in [-0.25, -0.2) is 0 Å². The molecule has 7 heteroatoms. The summed E-state index contributed by atoms with van der Waals surface area (Å²) in [4.78, 5) is 10.5. The molecule has 0 saturated carbocycles. The average Bonchev–Trinajstić information content (AvgIpc) is 2.64. The Balaban J connectivity index is 1.80.